The zero-order valence-electron chi connectivity index (χ0n) is 18.9. The quantitative estimate of drug-likeness (QED) is 0.250. The Balaban J connectivity index is 1.97. The summed E-state index contributed by atoms with van der Waals surface area (Å²) in [6.45, 7) is 5.26. The lowest BCUT2D eigenvalue weighted by Crippen LogP contribution is -2.29. The number of rotatable bonds is 4. The largest absolute Gasteiger partial charge is 0.508 e. The van der Waals surface area contributed by atoms with Gasteiger partial charge in [0.05, 0.1) is 24.4 Å². The Morgan fingerprint density at radius 2 is 1.76 bits per heavy atom. The van der Waals surface area contributed by atoms with Crippen LogP contribution in [0.4, 0.5) is 5.13 Å². The molecule has 0 bridgehead atoms. The summed E-state index contributed by atoms with van der Waals surface area (Å²) in [6, 6.07) is 10.4. The molecular formula is C25H22N2O6S. The molecule has 1 unspecified atom stereocenters. The molecule has 1 atom stereocenters. The van der Waals surface area contributed by atoms with Crippen LogP contribution in [0.5, 0.6) is 5.75 Å². The van der Waals surface area contributed by atoms with E-state index in [1.165, 1.54) is 24.1 Å². The maximum absolute atomic E-state index is 13.3. The predicted octanol–water partition coefficient (Wildman–Crippen LogP) is 4.19. The third-order valence-corrected chi connectivity index (χ3v) is 6.80. The van der Waals surface area contributed by atoms with Gasteiger partial charge in [-0.15, -0.1) is 0 Å². The number of carbonyl (C=O) groups excluding carboxylic acids is 3. The molecule has 0 spiro atoms. The summed E-state index contributed by atoms with van der Waals surface area (Å²) < 4.78 is 4.79. The number of methoxy groups -OCH3 is 1. The summed E-state index contributed by atoms with van der Waals surface area (Å²) in [5.74, 6) is -2.65. The van der Waals surface area contributed by atoms with Crippen LogP contribution in [0.25, 0.3) is 5.76 Å². The van der Waals surface area contributed by atoms with Crippen molar-refractivity contribution in [3.63, 3.8) is 0 Å². The molecule has 0 saturated carbocycles. The first-order valence-electron chi connectivity index (χ1n) is 10.4. The van der Waals surface area contributed by atoms with Gasteiger partial charge in [-0.25, -0.2) is 9.78 Å². The Hall–Kier alpha value is -3.98. The Morgan fingerprint density at radius 1 is 1.09 bits per heavy atom. The minimum atomic E-state index is -1.02. The molecule has 0 radical (unpaired) electrons. The summed E-state index contributed by atoms with van der Waals surface area (Å²) >= 11 is 0.926. The number of carbonyl (C=O) groups is 3. The SMILES string of the molecule is COC(=O)c1sc(N2C(=O)C(=O)/C(=C(/O)c3cc(C)ccc3C)C2c2ccc(O)cc2)nc1C. The van der Waals surface area contributed by atoms with E-state index in [0.717, 1.165) is 22.5 Å². The molecule has 9 heteroatoms. The number of nitrogens with zero attached hydrogens (tertiary/aromatic N) is 2. The molecule has 2 aromatic carbocycles. The van der Waals surface area contributed by atoms with E-state index in [1.807, 2.05) is 19.1 Å². The van der Waals surface area contributed by atoms with Gasteiger partial charge in [-0.2, -0.15) is 0 Å². The second-order valence-electron chi connectivity index (χ2n) is 7.98. The fraction of sp³-hybridized carbons (Fsp3) is 0.200. The molecule has 174 valence electrons. The van der Waals surface area contributed by atoms with Crippen LogP contribution >= 0.6 is 11.3 Å². The van der Waals surface area contributed by atoms with Crippen molar-refractivity contribution < 1.29 is 29.3 Å². The zero-order chi connectivity index (χ0) is 24.7. The normalized spacial score (nSPS) is 17.3. The second-order valence-corrected chi connectivity index (χ2v) is 8.96. The maximum atomic E-state index is 13.3. The summed E-state index contributed by atoms with van der Waals surface area (Å²) in [5, 5.41) is 21.2. The first-order chi connectivity index (χ1) is 16.1. The molecule has 34 heavy (non-hydrogen) atoms. The van der Waals surface area contributed by atoms with Crippen LogP contribution < -0.4 is 4.90 Å². The zero-order valence-corrected chi connectivity index (χ0v) is 19.8. The van der Waals surface area contributed by atoms with Gasteiger partial charge in [0.25, 0.3) is 5.78 Å². The fourth-order valence-electron chi connectivity index (χ4n) is 3.91. The number of benzene rings is 2. The number of ketones is 1. The number of anilines is 1. The topological polar surface area (TPSA) is 117 Å². The van der Waals surface area contributed by atoms with Crippen molar-refractivity contribution in [2.24, 2.45) is 0 Å². The first-order valence-corrected chi connectivity index (χ1v) is 11.2. The van der Waals surface area contributed by atoms with Crippen LogP contribution in [0.1, 0.15) is 43.7 Å². The van der Waals surface area contributed by atoms with Crippen LogP contribution in [-0.2, 0) is 14.3 Å². The molecule has 1 saturated heterocycles. The third kappa shape index (κ3) is 3.84. The van der Waals surface area contributed by atoms with Gasteiger partial charge >= 0.3 is 11.9 Å². The molecular weight excluding hydrogens is 456 g/mol. The monoisotopic (exact) mass is 478 g/mol. The van der Waals surface area contributed by atoms with Gasteiger partial charge in [0, 0.05) is 5.56 Å². The van der Waals surface area contributed by atoms with Crippen molar-refractivity contribution >= 4 is 39.9 Å². The number of esters is 1. The van der Waals surface area contributed by atoms with Gasteiger partial charge in [0.2, 0.25) is 0 Å². The summed E-state index contributed by atoms with van der Waals surface area (Å²) in [6.07, 6.45) is 0. The number of aliphatic hydroxyl groups excluding tert-OH is 1. The van der Waals surface area contributed by atoms with E-state index in [-0.39, 0.29) is 27.1 Å². The Morgan fingerprint density at radius 3 is 2.41 bits per heavy atom. The number of phenols is 1. The maximum Gasteiger partial charge on any atom is 0.350 e. The van der Waals surface area contributed by atoms with E-state index in [2.05, 4.69) is 4.98 Å². The smallest absolute Gasteiger partial charge is 0.350 e. The lowest BCUT2D eigenvalue weighted by molar-refractivity contribution is -0.132. The van der Waals surface area contributed by atoms with Gasteiger partial charge in [-0.1, -0.05) is 41.2 Å². The van der Waals surface area contributed by atoms with E-state index >= 15 is 0 Å². The minimum Gasteiger partial charge on any atom is -0.508 e. The average Bonchev–Trinajstić information content (AvgIpc) is 3.32. The molecule has 2 N–H and O–H groups in total. The number of hydrogen-bond acceptors (Lipinski definition) is 8. The number of aryl methyl sites for hydroxylation is 3. The number of aliphatic hydroxyl groups is 1. The highest BCUT2D eigenvalue weighted by molar-refractivity contribution is 7.17. The van der Waals surface area contributed by atoms with Gasteiger partial charge in [0.1, 0.15) is 16.4 Å². The Kier molecular flexibility index (Phi) is 5.97. The summed E-state index contributed by atoms with van der Waals surface area (Å²) in [4.78, 5) is 44.4. The van der Waals surface area contributed by atoms with Crippen molar-refractivity contribution in [3.8, 4) is 5.75 Å². The van der Waals surface area contributed by atoms with Gasteiger partial charge in [-0.3, -0.25) is 14.5 Å². The fourth-order valence-corrected chi connectivity index (χ4v) is 4.92. The van der Waals surface area contributed by atoms with Crippen LogP contribution in [0.3, 0.4) is 0 Å². The molecule has 4 rings (SSSR count). The van der Waals surface area contributed by atoms with Gasteiger partial charge in [-0.05, 0) is 50.1 Å². The molecule has 1 aromatic heterocycles. The average molecular weight is 479 g/mol. The Labute approximate surface area is 199 Å². The molecule has 1 amide bonds. The van der Waals surface area contributed by atoms with Crippen molar-refractivity contribution in [1.82, 2.24) is 4.98 Å². The number of thiazole rings is 1. The van der Waals surface area contributed by atoms with Crippen molar-refractivity contribution in [3.05, 3.63) is 80.9 Å². The highest BCUT2D eigenvalue weighted by Gasteiger charge is 2.48. The lowest BCUT2D eigenvalue weighted by atomic mass is 9.93. The van der Waals surface area contributed by atoms with Gasteiger partial charge < -0.3 is 14.9 Å². The third-order valence-electron chi connectivity index (χ3n) is 5.66. The van der Waals surface area contributed by atoms with Crippen molar-refractivity contribution in [1.29, 1.82) is 0 Å². The number of aromatic hydroxyl groups is 1. The highest BCUT2D eigenvalue weighted by Crippen LogP contribution is 2.44. The lowest BCUT2D eigenvalue weighted by Gasteiger charge is -2.23. The molecule has 2 heterocycles. The van der Waals surface area contributed by atoms with E-state index in [0.29, 0.717) is 16.8 Å². The van der Waals surface area contributed by atoms with Crippen molar-refractivity contribution in [2.75, 3.05) is 12.0 Å². The second kappa shape index (κ2) is 8.75. The number of phenolic OH excluding ortho intramolecular Hbond substituents is 1. The molecule has 1 fully saturated rings. The predicted molar refractivity (Wildman–Crippen MR) is 127 cm³/mol. The number of amides is 1. The standard InChI is InChI=1S/C25H22N2O6S/c1-12-5-6-13(2)17(11-12)20(29)18-19(15-7-9-16(28)10-8-15)27(23(31)21(18)30)25-26-14(3)22(34-25)24(32)33-4/h5-11,19,28-29H,1-4H3/b20-18+. The minimum absolute atomic E-state index is 0.00769. The van der Waals surface area contributed by atoms with E-state index in [1.54, 1.807) is 32.0 Å². The summed E-state index contributed by atoms with van der Waals surface area (Å²) in [5.41, 5.74) is 2.78. The highest BCUT2D eigenvalue weighted by atomic mass is 32.1. The molecule has 1 aliphatic heterocycles. The number of ether oxygens (including phenoxy) is 1. The molecule has 0 aliphatic carbocycles. The Bertz CT molecular complexity index is 1360. The number of aromatic nitrogens is 1. The van der Waals surface area contributed by atoms with Crippen molar-refractivity contribution in [2.45, 2.75) is 26.8 Å². The van der Waals surface area contributed by atoms with Crippen LogP contribution in [-0.4, -0.2) is 40.0 Å². The molecule has 1 aliphatic rings. The number of Topliss-reactive ketones (excluding diaryl/α,β-unsaturated/α-hetero) is 1. The molecule has 3 aromatic rings. The number of hydrogen-bond donors (Lipinski definition) is 2. The first kappa shape index (κ1) is 23.2. The van der Waals surface area contributed by atoms with Crippen LogP contribution in [0.15, 0.2) is 48.0 Å². The van der Waals surface area contributed by atoms with Crippen LogP contribution in [0.2, 0.25) is 0 Å². The van der Waals surface area contributed by atoms with E-state index in [4.69, 9.17) is 4.74 Å². The summed E-state index contributed by atoms with van der Waals surface area (Å²) in [7, 11) is 1.24. The van der Waals surface area contributed by atoms with Crippen LogP contribution in [0, 0.1) is 20.8 Å². The molecule has 8 nitrogen and oxygen atoms in total. The van der Waals surface area contributed by atoms with Gasteiger partial charge in [0.15, 0.2) is 5.13 Å². The van der Waals surface area contributed by atoms with E-state index in [9.17, 15) is 24.6 Å². The van der Waals surface area contributed by atoms with E-state index < -0.39 is 23.7 Å².